The smallest absolute Gasteiger partial charge is 0.263 e. The molecule has 1 aliphatic heterocycles. The Morgan fingerprint density at radius 2 is 2.24 bits per heavy atom. The Bertz CT molecular complexity index is 321. The van der Waals surface area contributed by atoms with Gasteiger partial charge in [0.15, 0.2) is 5.90 Å². The maximum absolute atomic E-state index is 12.0. The Morgan fingerprint density at radius 3 is 2.76 bits per heavy atom. The van der Waals surface area contributed by atoms with Gasteiger partial charge in [0.1, 0.15) is 0 Å². The number of aliphatic imine (C=N–C) groups is 1. The Hall–Kier alpha value is -1.06. The van der Waals surface area contributed by atoms with Gasteiger partial charge >= 0.3 is 0 Å². The Balaban J connectivity index is 1.98. The van der Waals surface area contributed by atoms with Crippen LogP contribution in [0.3, 0.4) is 0 Å². The van der Waals surface area contributed by atoms with Gasteiger partial charge in [0.05, 0.1) is 6.04 Å². The van der Waals surface area contributed by atoms with Crippen molar-refractivity contribution in [3.05, 3.63) is 0 Å². The third-order valence-corrected chi connectivity index (χ3v) is 3.15. The predicted octanol–water partition coefficient (Wildman–Crippen LogP) is 1.89. The molecule has 1 amide bonds. The zero-order valence-electron chi connectivity index (χ0n) is 10.9. The van der Waals surface area contributed by atoms with Gasteiger partial charge in [0, 0.05) is 12.0 Å². The summed E-state index contributed by atoms with van der Waals surface area (Å²) in [5.41, 5.74) is 0. The van der Waals surface area contributed by atoms with Crippen LogP contribution in [0.1, 0.15) is 46.5 Å². The highest BCUT2D eigenvalue weighted by Crippen LogP contribution is 2.24. The normalized spacial score (nSPS) is 27.9. The number of amides is 1. The fourth-order valence-electron chi connectivity index (χ4n) is 2.01. The Labute approximate surface area is 103 Å². The average molecular weight is 238 g/mol. The lowest BCUT2D eigenvalue weighted by molar-refractivity contribution is -0.128. The summed E-state index contributed by atoms with van der Waals surface area (Å²) in [7, 11) is 0. The third-order valence-electron chi connectivity index (χ3n) is 3.15. The number of carbonyl (C=O) groups excluding carboxylic acids is 1. The van der Waals surface area contributed by atoms with Crippen LogP contribution in [-0.4, -0.2) is 30.0 Å². The van der Waals surface area contributed by atoms with Crippen molar-refractivity contribution in [1.82, 2.24) is 5.32 Å². The van der Waals surface area contributed by atoms with Gasteiger partial charge in [-0.25, -0.2) is 4.99 Å². The highest BCUT2D eigenvalue weighted by Gasteiger charge is 2.38. The zero-order chi connectivity index (χ0) is 12.4. The topological polar surface area (TPSA) is 50.7 Å². The standard InChI is InChI=1S/C13H22N2O2/c1-4-5-10-11(12(16)14-9-6-7-9)17-13(15-10)8(2)3/h8-11H,4-7H2,1-3H3,(H,14,16)/t10-,11-/m0/s1. The molecule has 1 aliphatic carbocycles. The van der Waals surface area contributed by atoms with E-state index in [2.05, 4.69) is 17.2 Å². The van der Waals surface area contributed by atoms with Gasteiger partial charge in [-0.2, -0.15) is 0 Å². The monoisotopic (exact) mass is 238 g/mol. The van der Waals surface area contributed by atoms with E-state index < -0.39 is 6.10 Å². The quantitative estimate of drug-likeness (QED) is 0.795. The maximum atomic E-state index is 12.0. The van der Waals surface area contributed by atoms with Gasteiger partial charge in [-0.15, -0.1) is 0 Å². The molecule has 96 valence electrons. The van der Waals surface area contributed by atoms with Gasteiger partial charge in [0.25, 0.3) is 5.91 Å². The number of rotatable bonds is 5. The van der Waals surface area contributed by atoms with Gasteiger partial charge in [-0.05, 0) is 19.3 Å². The largest absolute Gasteiger partial charge is 0.465 e. The average Bonchev–Trinajstić information content (AvgIpc) is 2.96. The molecule has 2 rings (SSSR count). The minimum atomic E-state index is -0.395. The van der Waals surface area contributed by atoms with Crippen LogP contribution in [0.15, 0.2) is 4.99 Å². The Morgan fingerprint density at radius 1 is 1.53 bits per heavy atom. The fraction of sp³-hybridized carbons (Fsp3) is 0.846. The molecule has 1 fully saturated rings. The van der Waals surface area contributed by atoms with Crippen LogP contribution in [0.5, 0.6) is 0 Å². The van der Waals surface area contributed by atoms with E-state index >= 15 is 0 Å². The minimum Gasteiger partial charge on any atom is -0.465 e. The third kappa shape index (κ3) is 2.99. The second-order valence-electron chi connectivity index (χ2n) is 5.30. The number of nitrogens with one attached hydrogen (secondary N) is 1. The summed E-state index contributed by atoms with van der Waals surface area (Å²) in [6.07, 6.45) is 3.76. The van der Waals surface area contributed by atoms with Crippen molar-refractivity contribution in [2.24, 2.45) is 10.9 Å². The van der Waals surface area contributed by atoms with E-state index in [1.165, 1.54) is 0 Å². The van der Waals surface area contributed by atoms with E-state index in [1.807, 2.05) is 13.8 Å². The van der Waals surface area contributed by atoms with E-state index in [0.29, 0.717) is 6.04 Å². The highest BCUT2D eigenvalue weighted by molar-refractivity contribution is 5.89. The molecule has 4 nitrogen and oxygen atoms in total. The van der Waals surface area contributed by atoms with Gasteiger partial charge in [0.2, 0.25) is 6.10 Å². The SMILES string of the molecule is CCC[C@@H]1N=C(C(C)C)O[C@@H]1C(=O)NC1CC1. The van der Waals surface area contributed by atoms with Crippen molar-refractivity contribution in [3.8, 4) is 0 Å². The molecule has 0 unspecified atom stereocenters. The van der Waals surface area contributed by atoms with Crippen molar-refractivity contribution in [1.29, 1.82) is 0 Å². The van der Waals surface area contributed by atoms with Crippen LogP contribution in [-0.2, 0) is 9.53 Å². The Kier molecular flexibility index (Phi) is 3.69. The summed E-state index contributed by atoms with van der Waals surface area (Å²) in [4.78, 5) is 16.6. The highest BCUT2D eigenvalue weighted by atomic mass is 16.5. The van der Waals surface area contributed by atoms with Crippen molar-refractivity contribution >= 4 is 11.8 Å². The molecule has 1 N–H and O–H groups in total. The summed E-state index contributed by atoms with van der Waals surface area (Å²) in [6, 6.07) is 0.396. The minimum absolute atomic E-state index is 0.0103. The summed E-state index contributed by atoms with van der Waals surface area (Å²) in [5.74, 6) is 1.01. The van der Waals surface area contributed by atoms with E-state index in [1.54, 1.807) is 0 Å². The van der Waals surface area contributed by atoms with Crippen LogP contribution < -0.4 is 5.32 Å². The second-order valence-corrected chi connectivity index (χ2v) is 5.30. The molecule has 0 spiro atoms. The lowest BCUT2D eigenvalue weighted by Gasteiger charge is -2.17. The number of nitrogens with zero attached hydrogens (tertiary/aromatic N) is 1. The first-order valence-electron chi connectivity index (χ1n) is 6.66. The molecule has 0 aromatic rings. The molecule has 4 heteroatoms. The van der Waals surface area contributed by atoms with Crippen molar-refractivity contribution < 1.29 is 9.53 Å². The van der Waals surface area contributed by atoms with Crippen LogP contribution >= 0.6 is 0 Å². The molecule has 0 saturated heterocycles. The van der Waals surface area contributed by atoms with Crippen molar-refractivity contribution in [3.63, 3.8) is 0 Å². The van der Waals surface area contributed by atoms with Gasteiger partial charge < -0.3 is 10.1 Å². The van der Waals surface area contributed by atoms with Crippen molar-refractivity contribution in [2.75, 3.05) is 0 Å². The van der Waals surface area contributed by atoms with Crippen molar-refractivity contribution in [2.45, 2.75) is 64.6 Å². The maximum Gasteiger partial charge on any atom is 0.263 e. The van der Waals surface area contributed by atoms with Crippen LogP contribution in [0, 0.1) is 5.92 Å². The van der Waals surface area contributed by atoms with Crippen LogP contribution in [0.4, 0.5) is 0 Å². The number of hydrogen-bond donors (Lipinski definition) is 1. The lowest BCUT2D eigenvalue weighted by atomic mass is 10.1. The molecule has 0 aromatic carbocycles. The first-order valence-corrected chi connectivity index (χ1v) is 6.66. The molecule has 2 atom stereocenters. The molecule has 0 bridgehead atoms. The van der Waals surface area contributed by atoms with Crippen LogP contribution in [0.2, 0.25) is 0 Å². The van der Waals surface area contributed by atoms with E-state index in [-0.39, 0.29) is 17.9 Å². The summed E-state index contributed by atoms with van der Waals surface area (Å²) in [5, 5.41) is 3.01. The second kappa shape index (κ2) is 5.07. The molecule has 1 saturated carbocycles. The van der Waals surface area contributed by atoms with E-state index in [9.17, 15) is 4.79 Å². The lowest BCUT2D eigenvalue weighted by Crippen LogP contribution is -2.42. The zero-order valence-corrected chi connectivity index (χ0v) is 10.9. The number of ether oxygens (including phenoxy) is 1. The van der Waals surface area contributed by atoms with Gasteiger partial charge in [-0.1, -0.05) is 27.2 Å². The summed E-state index contributed by atoms with van der Waals surface area (Å²) < 4.78 is 5.72. The molecule has 0 radical (unpaired) electrons. The van der Waals surface area contributed by atoms with Gasteiger partial charge in [-0.3, -0.25) is 4.79 Å². The molecule has 1 heterocycles. The first-order chi connectivity index (χ1) is 8.11. The number of hydrogen-bond acceptors (Lipinski definition) is 3. The fourth-order valence-corrected chi connectivity index (χ4v) is 2.01. The summed E-state index contributed by atoms with van der Waals surface area (Å²) in [6.45, 7) is 6.20. The predicted molar refractivity (Wildman–Crippen MR) is 67.0 cm³/mol. The first kappa shape index (κ1) is 12.4. The molecule has 17 heavy (non-hydrogen) atoms. The van der Waals surface area contributed by atoms with Crippen LogP contribution in [0.25, 0.3) is 0 Å². The molecule has 0 aromatic heterocycles. The van der Waals surface area contributed by atoms with E-state index in [4.69, 9.17) is 4.74 Å². The van der Waals surface area contributed by atoms with E-state index in [0.717, 1.165) is 31.6 Å². The molecular formula is C13H22N2O2. The summed E-state index contributed by atoms with van der Waals surface area (Å²) >= 11 is 0. The molecular weight excluding hydrogens is 216 g/mol. The number of carbonyl (C=O) groups is 1. The molecule has 2 aliphatic rings.